The average Bonchev–Trinajstić information content (AvgIpc) is 2.44. The Kier molecular flexibility index (Phi) is 4.05. The number of ether oxygens (including phenoxy) is 1. The highest BCUT2D eigenvalue weighted by atomic mass is 16.5. The molecule has 0 radical (unpaired) electrons. The van der Waals surface area contributed by atoms with E-state index in [1.165, 1.54) is 0 Å². The number of carbonyl (C=O) groups excluding carboxylic acids is 1. The second-order valence-electron chi connectivity index (χ2n) is 4.28. The third kappa shape index (κ3) is 3.38. The summed E-state index contributed by atoms with van der Waals surface area (Å²) in [5, 5.41) is 2.78. The summed E-state index contributed by atoms with van der Waals surface area (Å²) in [6.45, 7) is 0.366. The first kappa shape index (κ1) is 13.7. The van der Waals surface area contributed by atoms with Crippen LogP contribution >= 0.6 is 0 Å². The van der Waals surface area contributed by atoms with Crippen LogP contribution in [0.4, 0.5) is 11.4 Å². The SMILES string of the molecule is COc1ccc(CNC(=O)c2cc(N)cc(N)c2)cn1. The Labute approximate surface area is 116 Å². The van der Waals surface area contributed by atoms with Crippen molar-refractivity contribution in [1.82, 2.24) is 10.3 Å². The number of methoxy groups -OCH3 is 1. The van der Waals surface area contributed by atoms with Gasteiger partial charge in [0.2, 0.25) is 5.88 Å². The lowest BCUT2D eigenvalue weighted by atomic mass is 10.1. The molecule has 1 heterocycles. The number of nitrogens with zero attached hydrogens (tertiary/aromatic N) is 1. The zero-order valence-corrected chi connectivity index (χ0v) is 11.1. The number of aromatic nitrogens is 1. The van der Waals surface area contributed by atoms with Crippen LogP contribution in [-0.4, -0.2) is 18.0 Å². The Balaban J connectivity index is 2.00. The van der Waals surface area contributed by atoms with Crippen molar-refractivity contribution in [2.24, 2.45) is 0 Å². The number of benzene rings is 1. The highest BCUT2D eigenvalue weighted by molar-refractivity contribution is 5.96. The normalized spacial score (nSPS) is 10.1. The van der Waals surface area contributed by atoms with E-state index < -0.39 is 0 Å². The van der Waals surface area contributed by atoms with Crippen LogP contribution in [0.25, 0.3) is 0 Å². The van der Waals surface area contributed by atoms with Crippen molar-refractivity contribution in [3.05, 3.63) is 47.7 Å². The molecule has 1 amide bonds. The van der Waals surface area contributed by atoms with Crippen molar-refractivity contribution in [1.29, 1.82) is 0 Å². The molecule has 0 saturated carbocycles. The first-order valence-corrected chi connectivity index (χ1v) is 6.01. The molecular formula is C14H16N4O2. The predicted molar refractivity (Wildman–Crippen MR) is 77.2 cm³/mol. The number of anilines is 2. The molecule has 5 N–H and O–H groups in total. The largest absolute Gasteiger partial charge is 0.481 e. The minimum absolute atomic E-state index is 0.236. The fourth-order valence-electron chi connectivity index (χ4n) is 1.73. The van der Waals surface area contributed by atoms with E-state index in [2.05, 4.69) is 10.3 Å². The minimum Gasteiger partial charge on any atom is -0.481 e. The molecule has 2 rings (SSSR count). The molecule has 0 fully saturated rings. The summed E-state index contributed by atoms with van der Waals surface area (Å²) < 4.78 is 4.96. The van der Waals surface area contributed by atoms with Gasteiger partial charge in [0.15, 0.2) is 0 Å². The van der Waals surface area contributed by atoms with Crippen LogP contribution in [0.1, 0.15) is 15.9 Å². The van der Waals surface area contributed by atoms with Gasteiger partial charge in [0.05, 0.1) is 7.11 Å². The first-order valence-electron chi connectivity index (χ1n) is 6.01. The van der Waals surface area contributed by atoms with Crippen LogP contribution in [0.15, 0.2) is 36.5 Å². The number of amides is 1. The molecule has 0 aliphatic heterocycles. The fraction of sp³-hybridized carbons (Fsp3) is 0.143. The zero-order valence-electron chi connectivity index (χ0n) is 11.1. The Hall–Kier alpha value is -2.76. The summed E-state index contributed by atoms with van der Waals surface area (Å²) in [5.41, 5.74) is 13.5. The number of nitrogens with one attached hydrogen (secondary N) is 1. The van der Waals surface area contributed by atoms with Crippen molar-refractivity contribution >= 4 is 17.3 Å². The van der Waals surface area contributed by atoms with Crippen LogP contribution in [0.5, 0.6) is 5.88 Å². The third-order valence-electron chi connectivity index (χ3n) is 2.70. The number of nitrogens with two attached hydrogens (primary N) is 2. The quantitative estimate of drug-likeness (QED) is 0.725. The van der Waals surface area contributed by atoms with Gasteiger partial charge in [0.1, 0.15) is 0 Å². The maximum atomic E-state index is 12.0. The molecule has 0 spiro atoms. The summed E-state index contributed by atoms with van der Waals surface area (Å²) in [6.07, 6.45) is 1.65. The van der Waals surface area contributed by atoms with Crippen molar-refractivity contribution in [2.75, 3.05) is 18.6 Å². The fourth-order valence-corrected chi connectivity index (χ4v) is 1.73. The highest BCUT2D eigenvalue weighted by Crippen LogP contribution is 2.13. The predicted octanol–water partition coefficient (Wildman–Crippen LogP) is 1.18. The molecular weight excluding hydrogens is 256 g/mol. The smallest absolute Gasteiger partial charge is 0.251 e. The van der Waals surface area contributed by atoms with Crippen LogP contribution in [0.2, 0.25) is 0 Å². The number of hydrogen-bond acceptors (Lipinski definition) is 5. The third-order valence-corrected chi connectivity index (χ3v) is 2.70. The van der Waals surface area contributed by atoms with Crippen LogP contribution in [0, 0.1) is 0 Å². The zero-order chi connectivity index (χ0) is 14.5. The summed E-state index contributed by atoms with van der Waals surface area (Å²) >= 11 is 0. The van der Waals surface area contributed by atoms with Crippen molar-refractivity contribution in [3.8, 4) is 5.88 Å². The van der Waals surface area contributed by atoms with Crippen molar-refractivity contribution in [3.63, 3.8) is 0 Å². The lowest BCUT2D eigenvalue weighted by Gasteiger charge is -2.07. The van der Waals surface area contributed by atoms with Gasteiger partial charge in [-0.15, -0.1) is 0 Å². The second kappa shape index (κ2) is 5.92. The molecule has 6 heteroatoms. The molecule has 2 aromatic rings. The van der Waals surface area contributed by atoms with Crippen LogP contribution in [0.3, 0.4) is 0 Å². The molecule has 0 atom stereocenters. The number of carbonyl (C=O) groups is 1. The van der Waals surface area contributed by atoms with E-state index >= 15 is 0 Å². The van der Waals surface area contributed by atoms with Gasteiger partial charge in [-0.05, 0) is 23.8 Å². The van der Waals surface area contributed by atoms with Crippen molar-refractivity contribution < 1.29 is 9.53 Å². The summed E-state index contributed by atoms with van der Waals surface area (Å²) in [4.78, 5) is 16.0. The van der Waals surface area contributed by atoms with Crippen molar-refractivity contribution in [2.45, 2.75) is 6.54 Å². The number of nitrogen functional groups attached to an aromatic ring is 2. The van der Waals surface area contributed by atoms with E-state index in [1.807, 2.05) is 6.07 Å². The first-order chi connectivity index (χ1) is 9.58. The minimum atomic E-state index is -0.236. The number of pyridine rings is 1. The van der Waals surface area contributed by atoms with Gasteiger partial charge < -0.3 is 21.5 Å². The monoisotopic (exact) mass is 272 g/mol. The Morgan fingerprint density at radius 2 is 1.95 bits per heavy atom. The van der Waals surface area contributed by atoms with Crippen LogP contribution in [-0.2, 0) is 6.54 Å². The second-order valence-corrected chi connectivity index (χ2v) is 4.28. The van der Waals surface area contributed by atoms with Gasteiger partial charge in [-0.1, -0.05) is 6.07 Å². The molecule has 1 aromatic heterocycles. The molecule has 104 valence electrons. The van der Waals surface area contributed by atoms with E-state index in [0.717, 1.165) is 5.56 Å². The lowest BCUT2D eigenvalue weighted by molar-refractivity contribution is 0.0951. The number of hydrogen-bond donors (Lipinski definition) is 3. The van der Waals surface area contributed by atoms with E-state index in [0.29, 0.717) is 29.4 Å². The summed E-state index contributed by atoms with van der Waals surface area (Å²) in [7, 11) is 1.55. The molecule has 0 aliphatic carbocycles. The molecule has 0 unspecified atom stereocenters. The van der Waals surface area contributed by atoms with Gasteiger partial charge in [0.25, 0.3) is 5.91 Å². The number of rotatable bonds is 4. The molecule has 6 nitrogen and oxygen atoms in total. The topological polar surface area (TPSA) is 103 Å². The van der Waals surface area contributed by atoms with Crippen LogP contribution < -0.4 is 21.5 Å². The molecule has 0 aliphatic rings. The van der Waals surface area contributed by atoms with E-state index in [9.17, 15) is 4.79 Å². The molecule has 1 aromatic carbocycles. The Morgan fingerprint density at radius 1 is 1.25 bits per heavy atom. The molecule has 0 saturated heterocycles. The maximum absolute atomic E-state index is 12.0. The average molecular weight is 272 g/mol. The van der Waals surface area contributed by atoms with E-state index in [-0.39, 0.29) is 5.91 Å². The van der Waals surface area contributed by atoms with E-state index in [4.69, 9.17) is 16.2 Å². The van der Waals surface area contributed by atoms with Gasteiger partial charge in [-0.3, -0.25) is 4.79 Å². The van der Waals surface area contributed by atoms with Gasteiger partial charge in [0, 0.05) is 35.7 Å². The molecule has 20 heavy (non-hydrogen) atoms. The standard InChI is InChI=1S/C14H16N4O2/c1-20-13-3-2-9(7-17-13)8-18-14(19)10-4-11(15)6-12(16)5-10/h2-7H,8,15-16H2,1H3,(H,18,19). The summed E-state index contributed by atoms with van der Waals surface area (Å²) in [5.74, 6) is 0.295. The molecule has 0 bridgehead atoms. The Bertz CT molecular complexity index is 591. The van der Waals surface area contributed by atoms with Gasteiger partial charge in [-0.25, -0.2) is 4.98 Å². The lowest BCUT2D eigenvalue weighted by Crippen LogP contribution is -2.23. The van der Waals surface area contributed by atoms with Gasteiger partial charge >= 0.3 is 0 Å². The summed E-state index contributed by atoms with van der Waals surface area (Å²) in [6, 6.07) is 8.33. The Morgan fingerprint density at radius 3 is 2.50 bits per heavy atom. The highest BCUT2D eigenvalue weighted by Gasteiger charge is 2.07. The van der Waals surface area contributed by atoms with E-state index in [1.54, 1.807) is 37.6 Å². The van der Waals surface area contributed by atoms with Gasteiger partial charge in [-0.2, -0.15) is 0 Å². The maximum Gasteiger partial charge on any atom is 0.251 e.